The molecule has 5 nitrogen and oxygen atoms in total. The zero-order chi connectivity index (χ0) is 14.1. The van der Waals surface area contributed by atoms with Crippen LogP contribution in [0.2, 0.25) is 0 Å². The Kier molecular flexibility index (Phi) is 3.67. The Morgan fingerprint density at radius 1 is 1.35 bits per heavy atom. The van der Waals surface area contributed by atoms with Gasteiger partial charge in [0, 0.05) is 11.1 Å². The van der Waals surface area contributed by atoms with Crippen molar-refractivity contribution in [2.24, 2.45) is 0 Å². The van der Waals surface area contributed by atoms with Crippen LogP contribution in [-0.4, -0.2) is 27.5 Å². The molecule has 1 N–H and O–H groups in total. The third-order valence-electron chi connectivity index (χ3n) is 3.51. The van der Waals surface area contributed by atoms with Gasteiger partial charge in [-0.2, -0.15) is 0 Å². The molecular formula is C14H15BrN2O3. The molecule has 1 aromatic carbocycles. The Bertz CT molecular complexity index is 654. The number of rotatable bonds is 3. The largest absolute Gasteiger partial charge is 0.493 e. The van der Waals surface area contributed by atoms with E-state index >= 15 is 0 Å². The highest BCUT2D eigenvalue weighted by Crippen LogP contribution is 2.22. The maximum atomic E-state index is 12.3. The van der Waals surface area contributed by atoms with Crippen molar-refractivity contribution in [2.75, 3.05) is 13.2 Å². The number of nitrogens with zero attached hydrogens (tertiary/aromatic N) is 2. The van der Waals surface area contributed by atoms with Gasteiger partial charge in [0.2, 0.25) is 5.88 Å². The minimum absolute atomic E-state index is 0.00242. The molecule has 1 fully saturated rings. The molecule has 3 rings (SSSR count). The van der Waals surface area contributed by atoms with Crippen molar-refractivity contribution in [3.05, 3.63) is 51.0 Å². The summed E-state index contributed by atoms with van der Waals surface area (Å²) in [5.74, 6) is 0.00242. The van der Waals surface area contributed by atoms with E-state index in [0.29, 0.717) is 19.8 Å². The van der Waals surface area contributed by atoms with E-state index in [0.717, 1.165) is 16.5 Å². The van der Waals surface area contributed by atoms with E-state index in [1.807, 2.05) is 24.3 Å². The maximum absolute atomic E-state index is 12.3. The van der Waals surface area contributed by atoms with Crippen LogP contribution in [-0.2, 0) is 11.3 Å². The van der Waals surface area contributed by atoms with Gasteiger partial charge in [0.25, 0.3) is 0 Å². The van der Waals surface area contributed by atoms with Crippen LogP contribution in [0.15, 0.2) is 39.7 Å². The van der Waals surface area contributed by atoms with Crippen molar-refractivity contribution in [1.29, 1.82) is 0 Å². The standard InChI is InChI=1S/C14H15BrN2O3/c15-11-3-1-10(2-4-11)7-16-8-13(18)17(14(16)19)12-5-6-20-9-12/h1-4,8,12,18H,5-7,9H2. The summed E-state index contributed by atoms with van der Waals surface area (Å²) >= 11 is 3.38. The van der Waals surface area contributed by atoms with Crippen molar-refractivity contribution in [3.8, 4) is 5.88 Å². The predicted octanol–water partition coefficient (Wildman–Crippen LogP) is 2.13. The normalized spacial score (nSPS) is 18.6. The van der Waals surface area contributed by atoms with Crippen molar-refractivity contribution in [3.63, 3.8) is 0 Å². The Balaban J connectivity index is 1.89. The molecule has 1 aliphatic rings. The fourth-order valence-corrected chi connectivity index (χ4v) is 2.73. The fourth-order valence-electron chi connectivity index (χ4n) is 2.46. The molecule has 2 aromatic rings. The van der Waals surface area contributed by atoms with Crippen LogP contribution < -0.4 is 5.69 Å². The monoisotopic (exact) mass is 338 g/mol. The molecule has 0 bridgehead atoms. The first kappa shape index (κ1) is 13.5. The number of halogens is 1. The quantitative estimate of drug-likeness (QED) is 0.932. The van der Waals surface area contributed by atoms with E-state index in [1.54, 1.807) is 0 Å². The summed E-state index contributed by atoms with van der Waals surface area (Å²) in [5, 5.41) is 9.97. The second-order valence-corrected chi connectivity index (χ2v) is 5.83. The molecule has 20 heavy (non-hydrogen) atoms. The molecule has 1 aliphatic heterocycles. The number of aromatic nitrogens is 2. The molecule has 1 atom stereocenters. The van der Waals surface area contributed by atoms with Gasteiger partial charge in [-0.25, -0.2) is 4.79 Å². The lowest BCUT2D eigenvalue weighted by Gasteiger charge is -2.08. The van der Waals surface area contributed by atoms with Crippen molar-refractivity contribution in [1.82, 2.24) is 9.13 Å². The third-order valence-corrected chi connectivity index (χ3v) is 4.04. The summed E-state index contributed by atoms with van der Waals surface area (Å²) < 4.78 is 9.22. The van der Waals surface area contributed by atoms with Crippen LogP contribution in [0.25, 0.3) is 0 Å². The number of aromatic hydroxyl groups is 1. The molecular weight excluding hydrogens is 324 g/mol. The zero-order valence-electron chi connectivity index (χ0n) is 10.8. The molecule has 1 saturated heterocycles. The maximum Gasteiger partial charge on any atom is 0.331 e. The Hall–Kier alpha value is -1.53. The molecule has 1 aromatic heterocycles. The highest BCUT2D eigenvalue weighted by Gasteiger charge is 2.23. The van der Waals surface area contributed by atoms with Crippen LogP contribution in [0.5, 0.6) is 5.88 Å². The summed E-state index contributed by atoms with van der Waals surface area (Å²) in [6.07, 6.45) is 2.25. The van der Waals surface area contributed by atoms with E-state index < -0.39 is 0 Å². The van der Waals surface area contributed by atoms with Crippen molar-refractivity contribution < 1.29 is 9.84 Å². The Morgan fingerprint density at radius 3 is 2.75 bits per heavy atom. The lowest BCUT2D eigenvalue weighted by molar-refractivity contribution is 0.184. The molecule has 0 saturated carbocycles. The highest BCUT2D eigenvalue weighted by molar-refractivity contribution is 9.10. The molecule has 0 amide bonds. The third kappa shape index (κ3) is 2.53. The van der Waals surface area contributed by atoms with Crippen molar-refractivity contribution >= 4 is 15.9 Å². The summed E-state index contributed by atoms with van der Waals surface area (Å²) in [6.45, 7) is 1.56. The van der Waals surface area contributed by atoms with Gasteiger partial charge in [-0.15, -0.1) is 0 Å². The topological polar surface area (TPSA) is 56.4 Å². The summed E-state index contributed by atoms with van der Waals surface area (Å²) in [6, 6.07) is 7.70. The fraction of sp³-hybridized carbons (Fsp3) is 0.357. The van der Waals surface area contributed by atoms with Crippen LogP contribution in [0.3, 0.4) is 0 Å². The van der Waals surface area contributed by atoms with Crippen LogP contribution in [0.4, 0.5) is 0 Å². The number of hydrogen-bond donors (Lipinski definition) is 1. The lowest BCUT2D eigenvalue weighted by Crippen LogP contribution is -2.27. The Morgan fingerprint density at radius 2 is 2.10 bits per heavy atom. The van der Waals surface area contributed by atoms with E-state index in [1.165, 1.54) is 15.3 Å². The van der Waals surface area contributed by atoms with E-state index in [-0.39, 0.29) is 17.6 Å². The van der Waals surface area contributed by atoms with E-state index in [2.05, 4.69) is 15.9 Å². The molecule has 106 valence electrons. The molecule has 6 heteroatoms. The summed E-state index contributed by atoms with van der Waals surface area (Å²) in [5.41, 5.74) is 0.816. The van der Waals surface area contributed by atoms with Gasteiger partial charge in [0.15, 0.2) is 0 Å². The first-order valence-corrected chi connectivity index (χ1v) is 7.27. The molecule has 0 spiro atoms. The van der Waals surface area contributed by atoms with E-state index in [9.17, 15) is 9.90 Å². The zero-order valence-corrected chi connectivity index (χ0v) is 12.4. The minimum Gasteiger partial charge on any atom is -0.493 e. The van der Waals surface area contributed by atoms with Gasteiger partial charge < -0.3 is 9.84 Å². The second-order valence-electron chi connectivity index (χ2n) is 4.91. The van der Waals surface area contributed by atoms with Gasteiger partial charge in [0.1, 0.15) is 0 Å². The highest BCUT2D eigenvalue weighted by atomic mass is 79.9. The lowest BCUT2D eigenvalue weighted by atomic mass is 10.2. The molecule has 2 heterocycles. The Labute approximate surface area is 124 Å². The predicted molar refractivity (Wildman–Crippen MR) is 78.1 cm³/mol. The number of ether oxygens (including phenoxy) is 1. The summed E-state index contributed by atoms with van der Waals surface area (Å²) in [7, 11) is 0. The molecule has 0 aliphatic carbocycles. The second kappa shape index (κ2) is 5.46. The first-order valence-electron chi connectivity index (χ1n) is 6.48. The smallest absolute Gasteiger partial charge is 0.331 e. The van der Waals surface area contributed by atoms with Gasteiger partial charge >= 0.3 is 5.69 Å². The van der Waals surface area contributed by atoms with Gasteiger partial charge in [-0.05, 0) is 24.1 Å². The van der Waals surface area contributed by atoms with Crippen LogP contribution >= 0.6 is 15.9 Å². The average molecular weight is 339 g/mol. The van der Waals surface area contributed by atoms with Gasteiger partial charge in [0.05, 0.1) is 25.4 Å². The van der Waals surface area contributed by atoms with E-state index in [4.69, 9.17) is 4.74 Å². The number of hydrogen-bond acceptors (Lipinski definition) is 3. The SMILES string of the molecule is O=c1n(Cc2ccc(Br)cc2)cc(O)n1C1CCOC1. The molecule has 1 unspecified atom stereocenters. The van der Waals surface area contributed by atoms with Gasteiger partial charge in [-0.1, -0.05) is 28.1 Å². The minimum atomic E-state index is -0.194. The summed E-state index contributed by atoms with van der Waals surface area (Å²) in [4.78, 5) is 12.3. The number of benzene rings is 1. The van der Waals surface area contributed by atoms with Crippen LogP contribution in [0, 0.1) is 0 Å². The number of imidazole rings is 1. The van der Waals surface area contributed by atoms with Crippen LogP contribution in [0.1, 0.15) is 18.0 Å². The van der Waals surface area contributed by atoms with Gasteiger partial charge in [-0.3, -0.25) is 9.13 Å². The van der Waals surface area contributed by atoms with Crippen molar-refractivity contribution in [2.45, 2.75) is 19.0 Å². The average Bonchev–Trinajstić information content (AvgIpc) is 3.02. The first-order chi connectivity index (χ1) is 9.65. The molecule has 0 radical (unpaired) electrons.